The third kappa shape index (κ3) is 5.61. The van der Waals surface area contributed by atoms with E-state index in [0.717, 1.165) is 11.1 Å². The van der Waals surface area contributed by atoms with Gasteiger partial charge in [-0.15, -0.1) is 0 Å². The van der Waals surface area contributed by atoms with Gasteiger partial charge in [-0.1, -0.05) is 75.4 Å². The molecule has 0 amide bonds. The second kappa shape index (κ2) is 8.82. The maximum Gasteiger partial charge on any atom is 0.338 e. The summed E-state index contributed by atoms with van der Waals surface area (Å²) in [6.07, 6.45) is 0. The van der Waals surface area contributed by atoms with Crippen LogP contribution in [0.25, 0.3) is 0 Å². The summed E-state index contributed by atoms with van der Waals surface area (Å²) in [5, 5.41) is 0. The van der Waals surface area contributed by atoms with Gasteiger partial charge in [0, 0.05) is 0 Å². The van der Waals surface area contributed by atoms with Crippen LogP contribution in [-0.4, -0.2) is 5.97 Å². The lowest BCUT2D eigenvalue weighted by atomic mass is 9.87. The molecule has 150 valence electrons. The largest absolute Gasteiger partial charge is 0.487 e. The number of ether oxygens (including phenoxy) is 2. The molecule has 0 atom stereocenters. The van der Waals surface area contributed by atoms with Crippen molar-refractivity contribution >= 4 is 11.7 Å². The van der Waals surface area contributed by atoms with E-state index in [1.165, 1.54) is 5.56 Å². The Labute approximate surface area is 172 Å². The lowest BCUT2D eigenvalue weighted by molar-refractivity contribution is 0.0472. The fourth-order valence-corrected chi connectivity index (χ4v) is 2.85. The summed E-state index contributed by atoms with van der Waals surface area (Å²) >= 11 is 0. The van der Waals surface area contributed by atoms with Gasteiger partial charge in [0.05, 0.1) is 11.3 Å². The van der Waals surface area contributed by atoms with E-state index in [0.29, 0.717) is 23.6 Å². The normalized spacial score (nSPS) is 11.1. The lowest BCUT2D eigenvalue weighted by Gasteiger charge is -2.19. The van der Waals surface area contributed by atoms with Gasteiger partial charge in [0.25, 0.3) is 0 Å². The molecule has 4 nitrogen and oxygen atoms in total. The molecule has 0 heterocycles. The van der Waals surface area contributed by atoms with Crippen molar-refractivity contribution in [3.05, 3.63) is 95.1 Å². The van der Waals surface area contributed by atoms with Crippen molar-refractivity contribution in [3.8, 4) is 5.75 Å². The Balaban J connectivity index is 1.63. The quantitative estimate of drug-likeness (QED) is 0.446. The zero-order valence-corrected chi connectivity index (χ0v) is 17.1. The summed E-state index contributed by atoms with van der Waals surface area (Å²) < 4.78 is 11.3. The van der Waals surface area contributed by atoms with E-state index in [1.54, 1.807) is 18.2 Å². The van der Waals surface area contributed by atoms with Crippen LogP contribution >= 0.6 is 0 Å². The number of carbonyl (C=O) groups is 1. The molecule has 3 rings (SSSR count). The topological polar surface area (TPSA) is 61.5 Å². The highest BCUT2D eigenvalue weighted by Gasteiger charge is 2.14. The van der Waals surface area contributed by atoms with Gasteiger partial charge in [0.15, 0.2) is 0 Å². The standard InChI is InChI=1S/C25H27NO3/c1-25(2,3)21-12-9-19(10-13-21)16-28-23-15-20(11-14-22(23)26)24(27)29-17-18-7-5-4-6-8-18/h4-15H,16-17,26H2,1-3H3. The van der Waals surface area contributed by atoms with Crippen molar-refractivity contribution in [2.75, 3.05) is 5.73 Å². The van der Waals surface area contributed by atoms with E-state index >= 15 is 0 Å². The summed E-state index contributed by atoms with van der Waals surface area (Å²) in [6, 6.07) is 22.8. The van der Waals surface area contributed by atoms with E-state index in [9.17, 15) is 4.79 Å². The predicted octanol–water partition coefficient (Wildman–Crippen LogP) is 5.50. The minimum atomic E-state index is -0.409. The molecule has 0 radical (unpaired) electrons. The fraction of sp³-hybridized carbons (Fsp3) is 0.240. The zero-order chi connectivity index (χ0) is 20.9. The van der Waals surface area contributed by atoms with E-state index < -0.39 is 5.97 Å². The van der Waals surface area contributed by atoms with Crippen molar-refractivity contribution in [3.63, 3.8) is 0 Å². The summed E-state index contributed by atoms with van der Waals surface area (Å²) in [7, 11) is 0. The molecule has 0 aliphatic carbocycles. The van der Waals surface area contributed by atoms with Crippen molar-refractivity contribution in [1.82, 2.24) is 0 Å². The van der Waals surface area contributed by atoms with Crippen LogP contribution in [0.15, 0.2) is 72.8 Å². The third-order valence-electron chi connectivity index (χ3n) is 4.68. The van der Waals surface area contributed by atoms with Crippen LogP contribution in [0.1, 0.15) is 47.8 Å². The molecule has 0 aliphatic rings. The molecule has 3 aromatic carbocycles. The molecule has 29 heavy (non-hydrogen) atoms. The molecule has 0 fully saturated rings. The van der Waals surface area contributed by atoms with Gasteiger partial charge in [-0.05, 0) is 40.3 Å². The molecule has 0 saturated heterocycles. The van der Waals surface area contributed by atoms with Crippen LogP contribution in [0, 0.1) is 0 Å². The van der Waals surface area contributed by atoms with Crippen LogP contribution in [0.4, 0.5) is 5.69 Å². The molecule has 0 bridgehead atoms. The lowest BCUT2D eigenvalue weighted by Crippen LogP contribution is -2.11. The molecule has 0 spiro atoms. The maximum atomic E-state index is 12.4. The van der Waals surface area contributed by atoms with Crippen molar-refractivity contribution < 1.29 is 14.3 Å². The SMILES string of the molecule is CC(C)(C)c1ccc(COc2cc(C(=O)OCc3ccccc3)ccc2N)cc1. The first-order valence-electron chi connectivity index (χ1n) is 9.66. The molecular formula is C25H27NO3. The fourth-order valence-electron chi connectivity index (χ4n) is 2.85. The number of benzene rings is 3. The highest BCUT2D eigenvalue weighted by molar-refractivity contribution is 5.90. The van der Waals surface area contributed by atoms with Gasteiger partial charge in [-0.25, -0.2) is 4.79 Å². The van der Waals surface area contributed by atoms with Crippen molar-refractivity contribution in [2.45, 2.75) is 39.4 Å². The summed E-state index contributed by atoms with van der Waals surface area (Å²) in [5.41, 5.74) is 10.3. The minimum absolute atomic E-state index is 0.109. The molecular weight excluding hydrogens is 362 g/mol. The number of anilines is 1. The van der Waals surface area contributed by atoms with Gasteiger partial charge in [0.1, 0.15) is 19.0 Å². The van der Waals surface area contributed by atoms with Crippen LogP contribution in [0.2, 0.25) is 0 Å². The summed E-state index contributed by atoms with van der Waals surface area (Å²) in [4.78, 5) is 12.4. The maximum absolute atomic E-state index is 12.4. The first-order chi connectivity index (χ1) is 13.8. The minimum Gasteiger partial charge on any atom is -0.487 e. The second-order valence-corrected chi connectivity index (χ2v) is 8.05. The number of carbonyl (C=O) groups excluding carboxylic acids is 1. The Morgan fingerprint density at radius 3 is 2.17 bits per heavy atom. The van der Waals surface area contributed by atoms with E-state index in [2.05, 4.69) is 45.0 Å². The van der Waals surface area contributed by atoms with Crippen molar-refractivity contribution in [2.24, 2.45) is 0 Å². The third-order valence-corrected chi connectivity index (χ3v) is 4.68. The van der Waals surface area contributed by atoms with Crippen LogP contribution < -0.4 is 10.5 Å². The average Bonchev–Trinajstić information content (AvgIpc) is 2.72. The Hall–Kier alpha value is -3.27. The first-order valence-corrected chi connectivity index (χ1v) is 9.66. The Bertz CT molecular complexity index is 958. The van der Waals surface area contributed by atoms with Gasteiger partial charge in [-0.3, -0.25) is 0 Å². The molecule has 0 unspecified atom stereocenters. The summed E-state index contributed by atoms with van der Waals surface area (Å²) in [5.74, 6) is 0.0623. The van der Waals surface area contributed by atoms with Gasteiger partial charge < -0.3 is 15.2 Å². The Morgan fingerprint density at radius 2 is 1.52 bits per heavy atom. The van der Waals surface area contributed by atoms with Crippen molar-refractivity contribution in [1.29, 1.82) is 0 Å². The smallest absolute Gasteiger partial charge is 0.338 e. The molecule has 0 aliphatic heterocycles. The Morgan fingerprint density at radius 1 is 0.862 bits per heavy atom. The highest BCUT2D eigenvalue weighted by Crippen LogP contribution is 2.26. The van der Waals surface area contributed by atoms with Gasteiger partial charge in [0.2, 0.25) is 0 Å². The van der Waals surface area contributed by atoms with E-state index in [4.69, 9.17) is 15.2 Å². The molecule has 4 heteroatoms. The van der Waals surface area contributed by atoms with E-state index in [1.807, 2.05) is 30.3 Å². The van der Waals surface area contributed by atoms with Crippen LogP contribution in [0.3, 0.4) is 0 Å². The second-order valence-electron chi connectivity index (χ2n) is 8.05. The zero-order valence-electron chi connectivity index (χ0n) is 17.1. The number of hydrogen-bond donors (Lipinski definition) is 1. The predicted molar refractivity (Wildman–Crippen MR) is 116 cm³/mol. The number of rotatable bonds is 6. The molecule has 2 N–H and O–H groups in total. The average molecular weight is 389 g/mol. The van der Waals surface area contributed by atoms with E-state index in [-0.39, 0.29) is 12.0 Å². The summed E-state index contributed by atoms with van der Waals surface area (Å²) in [6.45, 7) is 7.14. The van der Waals surface area contributed by atoms with Gasteiger partial charge in [-0.2, -0.15) is 0 Å². The number of nitrogen functional groups attached to an aromatic ring is 1. The Kier molecular flexibility index (Phi) is 6.23. The number of esters is 1. The van der Waals surface area contributed by atoms with Crippen LogP contribution in [-0.2, 0) is 23.4 Å². The monoisotopic (exact) mass is 389 g/mol. The van der Waals surface area contributed by atoms with Crippen LogP contribution in [0.5, 0.6) is 5.75 Å². The van der Waals surface area contributed by atoms with Gasteiger partial charge >= 0.3 is 5.97 Å². The highest BCUT2D eigenvalue weighted by atomic mass is 16.5. The number of hydrogen-bond acceptors (Lipinski definition) is 4. The molecule has 0 saturated carbocycles. The molecule has 3 aromatic rings. The number of nitrogens with two attached hydrogens (primary N) is 1. The first kappa shape index (κ1) is 20.5. The molecule has 0 aromatic heterocycles.